The molecule has 1 unspecified atom stereocenters. The van der Waals surface area contributed by atoms with Gasteiger partial charge in [0.2, 0.25) is 0 Å². The molecule has 0 bridgehead atoms. The molecule has 0 aliphatic rings. The fourth-order valence-corrected chi connectivity index (χ4v) is 2.64. The number of rotatable bonds is 6. The SMILES string of the molecule is CNC(CCc1ccncc1)Cc1cccc(F)c1Br. The van der Waals surface area contributed by atoms with Gasteiger partial charge in [-0.1, -0.05) is 12.1 Å². The Kier molecular flexibility index (Phi) is 5.68. The van der Waals surface area contributed by atoms with Crippen molar-refractivity contribution in [1.29, 1.82) is 0 Å². The number of benzene rings is 1. The van der Waals surface area contributed by atoms with Crippen LogP contribution >= 0.6 is 15.9 Å². The van der Waals surface area contributed by atoms with E-state index in [0.29, 0.717) is 10.5 Å². The van der Waals surface area contributed by atoms with Crippen LogP contribution in [-0.4, -0.2) is 18.1 Å². The summed E-state index contributed by atoms with van der Waals surface area (Å²) in [6, 6.07) is 9.57. The minimum Gasteiger partial charge on any atom is -0.317 e. The Balaban J connectivity index is 1.97. The molecule has 1 atom stereocenters. The van der Waals surface area contributed by atoms with Crippen LogP contribution in [0.2, 0.25) is 0 Å². The zero-order valence-corrected chi connectivity index (χ0v) is 13.0. The molecular weight excluding hydrogens is 319 g/mol. The van der Waals surface area contributed by atoms with E-state index < -0.39 is 0 Å². The van der Waals surface area contributed by atoms with E-state index >= 15 is 0 Å². The van der Waals surface area contributed by atoms with Crippen LogP contribution in [0, 0.1) is 5.82 Å². The van der Waals surface area contributed by atoms with Crippen LogP contribution in [0.25, 0.3) is 0 Å². The summed E-state index contributed by atoms with van der Waals surface area (Å²) in [6.45, 7) is 0. The molecule has 0 radical (unpaired) electrons. The van der Waals surface area contributed by atoms with Crippen molar-refractivity contribution in [2.45, 2.75) is 25.3 Å². The van der Waals surface area contributed by atoms with Crippen LogP contribution in [0.3, 0.4) is 0 Å². The average Bonchev–Trinajstić information content (AvgIpc) is 2.49. The second-order valence-corrected chi connectivity index (χ2v) is 5.59. The van der Waals surface area contributed by atoms with Gasteiger partial charge in [-0.3, -0.25) is 4.98 Å². The number of hydrogen-bond acceptors (Lipinski definition) is 2. The highest BCUT2D eigenvalue weighted by molar-refractivity contribution is 9.10. The number of aromatic nitrogens is 1. The Morgan fingerprint density at radius 3 is 2.70 bits per heavy atom. The predicted molar refractivity (Wildman–Crippen MR) is 83.2 cm³/mol. The Hall–Kier alpha value is -1.26. The molecule has 0 fully saturated rings. The molecule has 0 aliphatic heterocycles. The molecule has 0 saturated heterocycles. The van der Waals surface area contributed by atoms with Gasteiger partial charge in [-0.2, -0.15) is 0 Å². The summed E-state index contributed by atoms with van der Waals surface area (Å²) in [5, 5.41) is 3.31. The van der Waals surface area contributed by atoms with Crippen molar-refractivity contribution >= 4 is 15.9 Å². The topological polar surface area (TPSA) is 24.9 Å². The van der Waals surface area contributed by atoms with Crippen molar-refractivity contribution in [2.24, 2.45) is 0 Å². The number of pyridine rings is 1. The van der Waals surface area contributed by atoms with Crippen molar-refractivity contribution in [3.05, 3.63) is 64.1 Å². The van der Waals surface area contributed by atoms with Gasteiger partial charge in [0.15, 0.2) is 0 Å². The first-order valence-corrected chi connectivity index (χ1v) is 7.49. The number of likely N-dealkylation sites (N-methyl/N-ethyl adjacent to an activating group) is 1. The van der Waals surface area contributed by atoms with Crippen LogP contribution in [0.5, 0.6) is 0 Å². The second-order valence-electron chi connectivity index (χ2n) is 4.80. The number of nitrogens with zero attached hydrogens (tertiary/aromatic N) is 1. The summed E-state index contributed by atoms with van der Waals surface area (Å²) in [5.74, 6) is -0.202. The molecule has 106 valence electrons. The molecule has 1 aromatic heterocycles. The molecule has 20 heavy (non-hydrogen) atoms. The van der Waals surface area contributed by atoms with Crippen LogP contribution in [-0.2, 0) is 12.8 Å². The first-order chi connectivity index (χ1) is 9.70. The lowest BCUT2D eigenvalue weighted by atomic mass is 9.99. The molecule has 0 aliphatic carbocycles. The van der Waals surface area contributed by atoms with Gasteiger partial charge in [-0.15, -0.1) is 0 Å². The molecule has 2 aromatic rings. The van der Waals surface area contributed by atoms with Gasteiger partial charge in [-0.25, -0.2) is 4.39 Å². The molecular formula is C16H18BrFN2. The molecule has 0 amide bonds. The van der Waals surface area contributed by atoms with Gasteiger partial charge >= 0.3 is 0 Å². The monoisotopic (exact) mass is 336 g/mol. The summed E-state index contributed by atoms with van der Waals surface area (Å²) >= 11 is 3.32. The van der Waals surface area contributed by atoms with E-state index in [2.05, 4.69) is 26.2 Å². The minimum atomic E-state index is -0.202. The third kappa shape index (κ3) is 4.12. The third-order valence-corrected chi connectivity index (χ3v) is 4.33. The quantitative estimate of drug-likeness (QED) is 0.868. The van der Waals surface area contributed by atoms with Crippen LogP contribution in [0.15, 0.2) is 47.2 Å². The van der Waals surface area contributed by atoms with E-state index in [4.69, 9.17) is 0 Å². The molecule has 1 aromatic carbocycles. The maximum absolute atomic E-state index is 13.5. The highest BCUT2D eigenvalue weighted by atomic mass is 79.9. The summed E-state index contributed by atoms with van der Waals surface area (Å²) in [7, 11) is 1.95. The van der Waals surface area contributed by atoms with Crippen LogP contribution < -0.4 is 5.32 Å². The second kappa shape index (κ2) is 7.50. The maximum Gasteiger partial charge on any atom is 0.137 e. The molecule has 2 rings (SSSR count). The first kappa shape index (κ1) is 15.1. The van der Waals surface area contributed by atoms with E-state index in [9.17, 15) is 4.39 Å². The Bertz CT molecular complexity index is 545. The van der Waals surface area contributed by atoms with Crippen molar-refractivity contribution in [1.82, 2.24) is 10.3 Å². The van der Waals surface area contributed by atoms with Gasteiger partial charge in [0.1, 0.15) is 5.82 Å². The average molecular weight is 337 g/mol. The Labute approximate surface area is 127 Å². The number of aryl methyl sites for hydroxylation is 1. The summed E-state index contributed by atoms with van der Waals surface area (Å²) < 4.78 is 14.1. The molecule has 0 saturated carbocycles. The number of nitrogens with one attached hydrogen (secondary N) is 1. The van der Waals surface area contributed by atoms with E-state index in [1.54, 1.807) is 6.07 Å². The summed E-state index contributed by atoms with van der Waals surface area (Å²) in [5.41, 5.74) is 2.28. The zero-order valence-electron chi connectivity index (χ0n) is 11.4. The van der Waals surface area contributed by atoms with E-state index in [1.165, 1.54) is 11.6 Å². The summed E-state index contributed by atoms with van der Waals surface area (Å²) in [6.07, 6.45) is 6.42. The van der Waals surface area contributed by atoms with Gasteiger partial charge in [0.25, 0.3) is 0 Å². The summed E-state index contributed by atoms with van der Waals surface area (Å²) in [4.78, 5) is 4.02. The Morgan fingerprint density at radius 1 is 1.25 bits per heavy atom. The van der Waals surface area contributed by atoms with Gasteiger partial charge in [-0.05, 0) is 71.6 Å². The molecule has 1 N–H and O–H groups in total. The van der Waals surface area contributed by atoms with Gasteiger partial charge in [0, 0.05) is 18.4 Å². The lowest BCUT2D eigenvalue weighted by Gasteiger charge is -2.17. The van der Waals surface area contributed by atoms with Gasteiger partial charge < -0.3 is 5.32 Å². The first-order valence-electron chi connectivity index (χ1n) is 6.69. The Morgan fingerprint density at radius 2 is 2.00 bits per heavy atom. The predicted octanol–water partition coefficient (Wildman–Crippen LogP) is 3.75. The fourth-order valence-electron chi connectivity index (χ4n) is 2.21. The smallest absolute Gasteiger partial charge is 0.137 e. The standard InChI is InChI=1S/C16H18BrFN2/c1-19-14(6-5-12-7-9-20-10-8-12)11-13-3-2-4-15(18)16(13)17/h2-4,7-10,14,19H,5-6,11H2,1H3. The van der Waals surface area contributed by atoms with Crippen molar-refractivity contribution in [2.75, 3.05) is 7.05 Å². The van der Waals surface area contributed by atoms with Crippen molar-refractivity contribution in [3.8, 4) is 0 Å². The maximum atomic E-state index is 13.5. The lowest BCUT2D eigenvalue weighted by Crippen LogP contribution is -2.28. The van der Waals surface area contributed by atoms with Gasteiger partial charge in [0.05, 0.1) is 4.47 Å². The molecule has 0 spiro atoms. The normalized spacial score (nSPS) is 12.3. The highest BCUT2D eigenvalue weighted by Crippen LogP contribution is 2.22. The molecule has 1 heterocycles. The lowest BCUT2D eigenvalue weighted by molar-refractivity contribution is 0.516. The minimum absolute atomic E-state index is 0.202. The number of halogens is 2. The van der Waals surface area contributed by atoms with Crippen LogP contribution in [0.4, 0.5) is 4.39 Å². The molecule has 2 nitrogen and oxygen atoms in total. The highest BCUT2D eigenvalue weighted by Gasteiger charge is 2.12. The number of hydrogen-bond donors (Lipinski definition) is 1. The fraction of sp³-hybridized carbons (Fsp3) is 0.312. The van der Waals surface area contributed by atoms with Crippen LogP contribution in [0.1, 0.15) is 17.5 Å². The largest absolute Gasteiger partial charge is 0.317 e. The third-order valence-electron chi connectivity index (χ3n) is 3.44. The van der Waals surface area contributed by atoms with E-state index in [1.807, 2.05) is 37.6 Å². The van der Waals surface area contributed by atoms with E-state index in [-0.39, 0.29) is 5.82 Å². The van der Waals surface area contributed by atoms with E-state index in [0.717, 1.165) is 24.8 Å². The van der Waals surface area contributed by atoms with Crippen molar-refractivity contribution < 1.29 is 4.39 Å². The zero-order chi connectivity index (χ0) is 14.4. The molecule has 4 heteroatoms. The van der Waals surface area contributed by atoms with Crippen molar-refractivity contribution in [3.63, 3.8) is 0 Å².